The summed E-state index contributed by atoms with van der Waals surface area (Å²) >= 11 is 0. The standard InChI is InChI=1S/C21H34FN5O/c1-21(2,17-8-4-9-18(22)13-17)15-26-20(24-3)25-10-6-12-27-11-5-7-16(14-27)19(23)28/h4,8-9,13,16H,5-7,10-12,14-15H2,1-3H3,(H2,23,28)(H2,24,25,26). The quantitative estimate of drug-likeness (QED) is 0.359. The zero-order valence-corrected chi connectivity index (χ0v) is 17.3. The van der Waals surface area contributed by atoms with Crippen LogP contribution in [0.1, 0.15) is 38.7 Å². The fraction of sp³-hybridized carbons (Fsp3) is 0.619. The molecule has 0 aliphatic carbocycles. The van der Waals surface area contributed by atoms with Gasteiger partial charge < -0.3 is 21.3 Å². The summed E-state index contributed by atoms with van der Waals surface area (Å²) in [6, 6.07) is 6.72. The van der Waals surface area contributed by atoms with Crippen LogP contribution in [-0.2, 0) is 10.2 Å². The topological polar surface area (TPSA) is 82.8 Å². The first-order chi connectivity index (χ1) is 13.3. The van der Waals surface area contributed by atoms with Crippen molar-refractivity contribution in [2.24, 2.45) is 16.6 Å². The van der Waals surface area contributed by atoms with Crippen LogP contribution in [-0.4, -0.2) is 56.5 Å². The van der Waals surface area contributed by atoms with Crippen LogP contribution in [0.15, 0.2) is 29.3 Å². The molecule has 0 saturated carbocycles. The average Bonchev–Trinajstić information content (AvgIpc) is 2.67. The molecule has 28 heavy (non-hydrogen) atoms. The minimum Gasteiger partial charge on any atom is -0.369 e. The lowest BCUT2D eigenvalue weighted by Gasteiger charge is -2.31. The van der Waals surface area contributed by atoms with Gasteiger partial charge in [0.15, 0.2) is 5.96 Å². The number of nitrogens with two attached hydrogens (primary N) is 1. The zero-order chi connectivity index (χ0) is 20.6. The third-order valence-corrected chi connectivity index (χ3v) is 5.38. The van der Waals surface area contributed by atoms with Crippen molar-refractivity contribution in [1.29, 1.82) is 0 Å². The molecule has 6 nitrogen and oxygen atoms in total. The van der Waals surface area contributed by atoms with Gasteiger partial charge in [-0.2, -0.15) is 0 Å². The maximum atomic E-state index is 13.5. The van der Waals surface area contributed by atoms with Crippen LogP contribution in [0.25, 0.3) is 0 Å². The molecular formula is C21H34FN5O. The molecule has 1 saturated heterocycles. The fourth-order valence-electron chi connectivity index (χ4n) is 3.54. The molecule has 4 N–H and O–H groups in total. The van der Waals surface area contributed by atoms with Crippen molar-refractivity contribution in [2.75, 3.05) is 39.8 Å². The van der Waals surface area contributed by atoms with Gasteiger partial charge in [-0.25, -0.2) is 4.39 Å². The van der Waals surface area contributed by atoms with Gasteiger partial charge >= 0.3 is 0 Å². The van der Waals surface area contributed by atoms with E-state index < -0.39 is 0 Å². The van der Waals surface area contributed by atoms with Crippen molar-refractivity contribution in [3.63, 3.8) is 0 Å². The molecule has 1 aromatic carbocycles. The van der Waals surface area contributed by atoms with Gasteiger partial charge in [-0.1, -0.05) is 26.0 Å². The normalized spacial score (nSPS) is 18.7. The van der Waals surface area contributed by atoms with Gasteiger partial charge in [-0.15, -0.1) is 0 Å². The van der Waals surface area contributed by atoms with Gasteiger partial charge in [-0.3, -0.25) is 9.79 Å². The Morgan fingerprint density at radius 2 is 2.18 bits per heavy atom. The molecule has 1 heterocycles. The number of likely N-dealkylation sites (tertiary alicyclic amines) is 1. The number of piperidine rings is 1. The molecule has 0 aromatic heterocycles. The van der Waals surface area contributed by atoms with Gasteiger partial charge in [0.2, 0.25) is 5.91 Å². The van der Waals surface area contributed by atoms with E-state index in [1.165, 1.54) is 6.07 Å². The Bertz CT molecular complexity index is 677. The van der Waals surface area contributed by atoms with E-state index in [0.29, 0.717) is 6.54 Å². The van der Waals surface area contributed by atoms with Gasteiger partial charge in [0, 0.05) is 32.1 Å². The number of nitrogens with zero attached hydrogens (tertiary/aromatic N) is 2. The molecule has 156 valence electrons. The largest absolute Gasteiger partial charge is 0.369 e. The van der Waals surface area contributed by atoms with E-state index in [2.05, 4.69) is 34.4 Å². The minimum atomic E-state index is -0.225. The molecule has 0 spiro atoms. The second kappa shape index (κ2) is 10.4. The predicted octanol–water partition coefficient (Wildman–Crippen LogP) is 1.86. The summed E-state index contributed by atoms with van der Waals surface area (Å²) < 4.78 is 13.5. The van der Waals surface area contributed by atoms with Gasteiger partial charge in [0.25, 0.3) is 0 Å². The number of carbonyl (C=O) groups excluding carboxylic acids is 1. The summed E-state index contributed by atoms with van der Waals surface area (Å²) in [6.45, 7) is 8.31. The molecule has 1 unspecified atom stereocenters. The summed E-state index contributed by atoms with van der Waals surface area (Å²) in [5, 5.41) is 6.65. The highest BCUT2D eigenvalue weighted by Crippen LogP contribution is 2.22. The Morgan fingerprint density at radius 1 is 1.39 bits per heavy atom. The van der Waals surface area contributed by atoms with Gasteiger partial charge in [0.05, 0.1) is 5.92 Å². The number of hydrogen-bond donors (Lipinski definition) is 3. The Balaban J connectivity index is 1.72. The summed E-state index contributed by atoms with van der Waals surface area (Å²) in [4.78, 5) is 17.9. The number of aliphatic imine (C=N–C) groups is 1. The molecule has 1 fully saturated rings. The van der Waals surface area contributed by atoms with E-state index in [-0.39, 0.29) is 23.1 Å². The maximum Gasteiger partial charge on any atom is 0.221 e. The number of primary amides is 1. The molecular weight excluding hydrogens is 357 g/mol. The summed E-state index contributed by atoms with van der Waals surface area (Å²) in [6.07, 6.45) is 2.89. The highest BCUT2D eigenvalue weighted by Gasteiger charge is 2.23. The van der Waals surface area contributed by atoms with Crippen LogP contribution in [0.3, 0.4) is 0 Å². The molecule has 7 heteroatoms. The van der Waals surface area contributed by atoms with Crippen LogP contribution in [0.4, 0.5) is 4.39 Å². The molecule has 0 radical (unpaired) electrons. The first-order valence-electron chi connectivity index (χ1n) is 10.0. The lowest BCUT2D eigenvalue weighted by molar-refractivity contribution is -0.123. The van der Waals surface area contributed by atoms with Crippen LogP contribution >= 0.6 is 0 Å². The number of guanidine groups is 1. The second-order valence-electron chi connectivity index (χ2n) is 8.14. The molecule has 0 bridgehead atoms. The smallest absolute Gasteiger partial charge is 0.221 e. The Labute approximate surface area is 167 Å². The predicted molar refractivity (Wildman–Crippen MR) is 112 cm³/mol. The monoisotopic (exact) mass is 391 g/mol. The molecule has 1 aliphatic heterocycles. The first-order valence-corrected chi connectivity index (χ1v) is 10.0. The number of carbonyl (C=O) groups is 1. The molecule has 1 amide bonds. The molecule has 2 rings (SSSR count). The Morgan fingerprint density at radius 3 is 2.86 bits per heavy atom. The summed E-state index contributed by atoms with van der Waals surface area (Å²) in [5.74, 6) is 0.317. The van der Waals surface area contributed by atoms with Crippen molar-refractivity contribution in [3.05, 3.63) is 35.6 Å². The van der Waals surface area contributed by atoms with Crippen molar-refractivity contribution in [1.82, 2.24) is 15.5 Å². The SMILES string of the molecule is CN=C(NCCCN1CCCC(C(N)=O)C1)NCC(C)(C)c1cccc(F)c1. The highest BCUT2D eigenvalue weighted by atomic mass is 19.1. The van der Waals surface area contributed by atoms with Crippen molar-refractivity contribution < 1.29 is 9.18 Å². The number of nitrogens with one attached hydrogen (secondary N) is 2. The van der Waals surface area contributed by atoms with E-state index >= 15 is 0 Å². The van der Waals surface area contributed by atoms with Crippen LogP contribution < -0.4 is 16.4 Å². The number of benzene rings is 1. The third-order valence-electron chi connectivity index (χ3n) is 5.38. The fourth-order valence-corrected chi connectivity index (χ4v) is 3.54. The van der Waals surface area contributed by atoms with Crippen LogP contribution in [0, 0.1) is 11.7 Å². The van der Waals surface area contributed by atoms with E-state index in [9.17, 15) is 9.18 Å². The number of rotatable bonds is 8. The summed E-state index contributed by atoms with van der Waals surface area (Å²) in [5.41, 5.74) is 6.16. The number of amides is 1. The lowest BCUT2D eigenvalue weighted by atomic mass is 9.84. The second-order valence-corrected chi connectivity index (χ2v) is 8.14. The lowest BCUT2D eigenvalue weighted by Crippen LogP contribution is -2.45. The first kappa shape index (κ1) is 22.1. The Kier molecular flexibility index (Phi) is 8.23. The van der Waals surface area contributed by atoms with E-state index in [1.54, 1.807) is 19.2 Å². The zero-order valence-electron chi connectivity index (χ0n) is 17.3. The van der Waals surface area contributed by atoms with Crippen molar-refractivity contribution in [3.8, 4) is 0 Å². The van der Waals surface area contributed by atoms with E-state index in [4.69, 9.17) is 5.73 Å². The molecule has 1 atom stereocenters. The Hall–Kier alpha value is -2.15. The molecule has 1 aliphatic rings. The number of halogens is 1. The van der Waals surface area contributed by atoms with Gasteiger partial charge in [-0.05, 0) is 50.0 Å². The molecule has 1 aromatic rings. The van der Waals surface area contributed by atoms with Crippen LogP contribution in [0.2, 0.25) is 0 Å². The average molecular weight is 392 g/mol. The van der Waals surface area contributed by atoms with Crippen molar-refractivity contribution in [2.45, 2.75) is 38.5 Å². The minimum absolute atomic E-state index is 0.0128. The third kappa shape index (κ3) is 6.78. The summed E-state index contributed by atoms with van der Waals surface area (Å²) in [7, 11) is 1.74. The van der Waals surface area contributed by atoms with Crippen LogP contribution in [0.5, 0.6) is 0 Å². The van der Waals surface area contributed by atoms with Crippen molar-refractivity contribution >= 4 is 11.9 Å². The van der Waals surface area contributed by atoms with E-state index in [1.807, 2.05) is 6.07 Å². The maximum absolute atomic E-state index is 13.5. The highest BCUT2D eigenvalue weighted by molar-refractivity contribution is 5.79. The van der Waals surface area contributed by atoms with E-state index in [0.717, 1.165) is 57.0 Å². The number of hydrogen-bond acceptors (Lipinski definition) is 3. The van der Waals surface area contributed by atoms with Gasteiger partial charge in [0.1, 0.15) is 5.82 Å².